The van der Waals surface area contributed by atoms with Crippen LogP contribution in [0.2, 0.25) is 0 Å². The minimum absolute atomic E-state index is 0.0565. The molecule has 2 aromatic carbocycles. The second kappa shape index (κ2) is 10.1. The Morgan fingerprint density at radius 2 is 1.86 bits per heavy atom. The Morgan fingerprint density at radius 3 is 2.52 bits per heavy atom. The Morgan fingerprint density at radius 1 is 1.14 bits per heavy atom. The van der Waals surface area contributed by atoms with Gasteiger partial charge in [-0.2, -0.15) is 0 Å². The molecule has 0 amide bonds. The molecule has 29 heavy (non-hydrogen) atoms. The number of nitrogens with one attached hydrogen (secondary N) is 2. The molecular formula is C22H30N4O3. The number of hydrogen-bond donors (Lipinski definition) is 3. The van der Waals surface area contributed by atoms with Gasteiger partial charge in [0.2, 0.25) is 0 Å². The van der Waals surface area contributed by atoms with E-state index in [1.165, 1.54) is 0 Å². The molecule has 7 heteroatoms. The van der Waals surface area contributed by atoms with Crippen LogP contribution >= 0.6 is 0 Å². The van der Waals surface area contributed by atoms with Crippen LogP contribution in [0.3, 0.4) is 0 Å². The van der Waals surface area contributed by atoms with E-state index in [-0.39, 0.29) is 5.84 Å². The molecule has 0 radical (unpaired) electrons. The lowest BCUT2D eigenvalue weighted by Gasteiger charge is -2.26. The van der Waals surface area contributed by atoms with Crippen LogP contribution in [0, 0.1) is 12.3 Å². The van der Waals surface area contributed by atoms with Gasteiger partial charge in [0.05, 0.1) is 25.5 Å². The molecule has 156 valence electrons. The first kappa shape index (κ1) is 21.0. The Kier molecular flexibility index (Phi) is 7.32. The Hall–Kier alpha value is -2.77. The van der Waals surface area contributed by atoms with Crippen molar-refractivity contribution in [1.82, 2.24) is 4.90 Å². The lowest BCUT2D eigenvalue weighted by molar-refractivity contribution is 0.0322. The third-order valence-electron chi connectivity index (χ3n) is 4.89. The number of hydrogen-bond acceptors (Lipinski definition) is 6. The predicted octanol–water partition coefficient (Wildman–Crippen LogP) is 3.13. The maximum absolute atomic E-state index is 7.50. The number of morpholine rings is 1. The average Bonchev–Trinajstić information content (AvgIpc) is 2.73. The van der Waals surface area contributed by atoms with E-state index >= 15 is 0 Å². The summed E-state index contributed by atoms with van der Waals surface area (Å²) in [6.07, 6.45) is 0. The zero-order valence-corrected chi connectivity index (χ0v) is 17.2. The van der Waals surface area contributed by atoms with Gasteiger partial charge in [0.25, 0.3) is 0 Å². The monoisotopic (exact) mass is 398 g/mol. The first-order valence-corrected chi connectivity index (χ1v) is 9.99. The number of nitrogens with two attached hydrogens (primary N) is 1. The van der Waals surface area contributed by atoms with Gasteiger partial charge in [0.15, 0.2) is 0 Å². The summed E-state index contributed by atoms with van der Waals surface area (Å²) in [6, 6.07) is 11.4. The summed E-state index contributed by atoms with van der Waals surface area (Å²) in [4.78, 5) is 2.35. The maximum Gasteiger partial charge on any atom is 0.149 e. The molecule has 0 atom stereocenters. The van der Waals surface area contributed by atoms with E-state index < -0.39 is 0 Å². The van der Waals surface area contributed by atoms with Crippen LogP contribution in [0.5, 0.6) is 11.5 Å². The highest BCUT2D eigenvalue weighted by molar-refractivity contribution is 5.95. The molecule has 4 N–H and O–H groups in total. The van der Waals surface area contributed by atoms with Gasteiger partial charge in [-0.1, -0.05) is 0 Å². The summed E-state index contributed by atoms with van der Waals surface area (Å²) >= 11 is 0. The third kappa shape index (κ3) is 5.62. The molecule has 1 aliphatic heterocycles. The van der Waals surface area contributed by atoms with Gasteiger partial charge in [0, 0.05) is 36.4 Å². The predicted molar refractivity (Wildman–Crippen MR) is 116 cm³/mol. The van der Waals surface area contributed by atoms with E-state index in [4.69, 9.17) is 25.4 Å². The van der Waals surface area contributed by atoms with Crippen LogP contribution in [0.4, 0.5) is 11.4 Å². The summed E-state index contributed by atoms with van der Waals surface area (Å²) in [5.41, 5.74) is 8.97. The minimum Gasteiger partial charge on any atom is -0.492 e. The number of anilines is 2. The number of benzene rings is 2. The fourth-order valence-electron chi connectivity index (χ4n) is 3.26. The van der Waals surface area contributed by atoms with Gasteiger partial charge in [-0.25, -0.2) is 0 Å². The van der Waals surface area contributed by atoms with Crippen LogP contribution in [0.1, 0.15) is 18.1 Å². The SMILES string of the molecule is CCOc1c(Nc2ccc(C(=N)N)cc2)ccc(OCCN2CCOCC2)c1C. The molecule has 0 aliphatic carbocycles. The smallest absolute Gasteiger partial charge is 0.149 e. The van der Waals surface area contributed by atoms with Crippen molar-refractivity contribution in [2.24, 2.45) is 5.73 Å². The third-order valence-corrected chi connectivity index (χ3v) is 4.89. The number of nitrogen functional groups attached to an aromatic ring is 1. The van der Waals surface area contributed by atoms with Crippen LogP contribution in [0.15, 0.2) is 36.4 Å². The van der Waals surface area contributed by atoms with Gasteiger partial charge < -0.3 is 25.3 Å². The van der Waals surface area contributed by atoms with E-state index in [0.717, 1.165) is 61.3 Å². The molecular weight excluding hydrogens is 368 g/mol. The lowest BCUT2D eigenvalue weighted by Crippen LogP contribution is -2.38. The van der Waals surface area contributed by atoms with Crippen LogP contribution in [0.25, 0.3) is 0 Å². The molecule has 0 unspecified atom stereocenters. The van der Waals surface area contributed by atoms with E-state index in [0.29, 0.717) is 18.8 Å². The highest BCUT2D eigenvalue weighted by Gasteiger charge is 2.14. The Bertz CT molecular complexity index is 818. The first-order chi connectivity index (χ1) is 14.1. The largest absolute Gasteiger partial charge is 0.492 e. The molecule has 0 aromatic heterocycles. The van der Waals surface area contributed by atoms with Crippen LogP contribution in [-0.4, -0.2) is 56.8 Å². The van der Waals surface area contributed by atoms with Gasteiger partial charge in [-0.15, -0.1) is 0 Å². The van der Waals surface area contributed by atoms with E-state index in [9.17, 15) is 0 Å². The number of amidine groups is 1. The van der Waals surface area contributed by atoms with E-state index in [1.807, 2.05) is 50.2 Å². The fraction of sp³-hybridized carbons (Fsp3) is 0.409. The van der Waals surface area contributed by atoms with Crippen LogP contribution < -0.4 is 20.5 Å². The van der Waals surface area contributed by atoms with Crippen molar-refractivity contribution in [1.29, 1.82) is 5.41 Å². The highest BCUT2D eigenvalue weighted by Crippen LogP contribution is 2.37. The molecule has 0 bridgehead atoms. The normalized spacial score (nSPS) is 14.4. The van der Waals surface area contributed by atoms with Crippen LogP contribution in [-0.2, 0) is 4.74 Å². The van der Waals surface area contributed by atoms with Crippen molar-refractivity contribution in [3.05, 3.63) is 47.5 Å². The van der Waals surface area contributed by atoms with Crippen molar-refractivity contribution >= 4 is 17.2 Å². The molecule has 1 saturated heterocycles. The minimum atomic E-state index is 0.0565. The Labute approximate surface area is 172 Å². The summed E-state index contributed by atoms with van der Waals surface area (Å²) in [5, 5.41) is 10.9. The topological polar surface area (TPSA) is 92.8 Å². The lowest BCUT2D eigenvalue weighted by atomic mass is 10.1. The summed E-state index contributed by atoms with van der Waals surface area (Å²) in [7, 11) is 0. The maximum atomic E-state index is 7.50. The standard InChI is InChI=1S/C22H30N4O3/c1-3-28-21-16(2)20(29-15-12-26-10-13-27-14-11-26)9-8-19(21)25-18-6-4-17(5-7-18)22(23)24/h4-9,25H,3,10-15H2,1-2H3,(H3,23,24). The van der Waals surface area contributed by atoms with Gasteiger partial charge in [-0.05, 0) is 50.2 Å². The first-order valence-electron chi connectivity index (χ1n) is 9.99. The Balaban J connectivity index is 1.69. The van der Waals surface area contributed by atoms with E-state index in [2.05, 4.69) is 10.2 Å². The molecule has 2 aromatic rings. The second-order valence-corrected chi connectivity index (χ2v) is 6.92. The fourth-order valence-corrected chi connectivity index (χ4v) is 3.26. The molecule has 1 aliphatic rings. The van der Waals surface area contributed by atoms with Crippen molar-refractivity contribution in [2.45, 2.75) is 13.8 Å². The van der Waals surface area contributed by atoms with Crippen molar-refractivity contribution in [3.8, 4) is 11.5 Å². The number of rotatable bonds is 9. The number of nitrogens with zero attached hydrogens (tertiary/aromatic N) is 1. The molecule has 1 heterocycles. The molecule has 0 saturated carbocycles. The van der Waals surface area contributed by atoms with Crippen molar-refractivity contribution < 1.29 is 14.2 Å². The highest BCUT2D eigenvalue weighted by atomic mass is 16.5. The summed E-state index contributed by atoms with van der Waals surface area (Å²) < 4.78 is 17.3. The quantitative estimate of drug-likeness (QED) is 0.444. The van der Waals surface area contributed by atoms with Gasteiger partial charge >= 0.3 is 0 Å². The summed E-state index contributed by atoms with van der Waals surface area (Å²) in [5.74, 6) is 1.67. The number of ether oxygens (including phenoxy) is 3. The van der Waals surface area contributed by atoms with E-state index in [1.54, 1.807) is 0 Å². The molecule has 7 nitrogen and oxygen atoms in total. The molecule has 1 fully saturated rings. The van der Waals surface area contributed by atoms with Gasteiger partial charge in [-0.3, -0.25) is 10.3 Å². The molecule has 0 spiro atoms. The van der Waals surface area contributed by atoms with Crippen molar-refractivity contribution in [2.75, 3.05) is 51.4 Å². The summed E-state index contributed by atoms with van der Waals surface area (Å²) in [6.45, 7) is 9.56. The zero-order valence-electron chi connectivity index (χ0n) is 17.2. The zero-order chi connectivity index (χ0) is 20.6. The molecule has 3 rings (SSSR count). The van der Waals surface area contributed by atoms with Crippen molar-refractivity contribution in [3.63, 3.8) is 0 Å². The van der Waals surface area contributed by atoms with Gasteiger partial charge in [0.1, 0.15) is 23.9 Å². The average molecular weight is 399 g/mol. The second-order valence-electron chi connectivity index (χ2n) is 6.92.